The number of hydrogen-bond donors (Lipinski definition) is 1. The Hall–Kier alpha value is -0.420. The average Bonchev–Trinajstić information content (AvgIpc) is 2.19. The van der Waals surface area contributed by atoms with Gasteiger partial charge >= 0.3 is 0 Å². The van der Waals surface area contributed by atoms with Gasteiger partial charge in [0.15, 0.2) is 0 Å². The maximum absolute atomic E-state index is 11.5. The molecule has 0 fully saturated rings. The molecule has 0 saturated heterocycles. The van der Waals surface area contributed by atoms with Crippen molar-refractivity contribution < 1.29 is 9.00 Å². The van der Waals surface area contributed by atoms with E-state index in [4.69, 9.17) is 0 Å². The van der Waals surface area contributed by atoms with Crippen molar-refractivity contribution in [2.24, 2.45) is 0 Å². The molecule has 0 saturated carbocycles. The van der Waals surface area contributed by atoms with Crippen LogP contribution in [0, 0.1) is 0 Å². The quantitative estimate of drug-likeness (QED) is 0.685. The van der Waals surface area contributed by atoms with Gasteiger partial charge in [-0.3, -0.25) is 9.00 Å². The first-order valence-corrected chi connectivity index (χ1v) is 6.95. The fraction of sp³-hybridized carbons (Fsp3) is 0.900. The molecule has 2 atom stereocenters. The summed E-state index contributed by atoms with van der Waals surface area (Å²) in [6.07, 6.45) is 1.68. The smallest absolute Gasteiger partial charge is 0.236 e. The maximum atomic E-state index is 11.5. The summed E-state index contributed by atoms with van der Waals surface area (Å²) < 4.78 is 11.0. The first-order valence-electron chi connectivity index (χ1n) is 5.33. The number of hydrogen-bond acceptors (Lipinski definition) is 3. The summed E-state index contributed by atoms with van der Waals surface area (Å²) in [4.78, 5) is 13.3. The molecule has 0 heterocycles. The molecule has 0 aliphatic rings. The van der Waals surface area contributed by atoms with Gasteiger partial charge in [0.05, 0.1) is 6.54 Å². The van der Waals surface area contributed by atoms with E-state index in [-0.39, 0.29) is 11.2 Å². The Morgan fingerprint density at radius 2 is 1.93 bits per heavy atom. The van der Waals surface area contributed by atoms with Crippen LogP contribution in [0.15, 0.2) is 0 Å². The van der Waals surface area contributed by atoms with Crippen molar-refractivity contribution in [2.45, 2.75) is 26.0 Å². The van der Waals surface area contributed by atoms with E-state index in [1.54, 1.807) is 11.2 Å². The zero-order valence-electron chi connectivity index (χ0n) is 10.1. The van der Waals surface area contributed by atoms with Gasteiger partial charge in [-0.05, 0) is 20.8 Å². The van der Waals surface area contributed by atoms with Crippen LogP contribution in [0.5, 0.6) is 0 Å². The zero-order valence-corrected chi connectivity index (χ0v) is 10.9. The molecule has 0 aromatic rings. The van der Waals surface area contributed by atoms with Crippen molar-refractivity contribution in [1.82, 2.24) is 10.2 Å². The zero-order chi connectivity index (χ0) is 11.8. The van der Waals surface area contributed by atoms with E-state index in [1.165, 1.54) is 0 Å². The van der Waals surface area contributed by atoms with Crippen LogP contribution in [0.2, 0.25) is 0 Å². The summed E-state index contributed by atoms with van der Waals surface area (Å²) in [6.45, 7) is 8.28. The largest absolute Gasteiger partial charge is 0.342 e. The number of rotatable bonds is 7. The van der Waals surface area contributed by atoms with Crippen LogP contribution >= 0.6 is 0 Å². The van der Waals surface area contributed by atoms with Gasteiger partial charge in [0.25, 0.3) is 0 Å². The average molecular weight is 234 g/mol. The standard InChI is InChI=1S/C10H22N2O2S/c1-5-12(6-2)10(13)8-11-7-9(3)15(4)14/h9,11H,5-8H2,1-4H3. The third kappa shape index (κ3) is 5.89. The van der Waals surface area contributed by atoms with Crippen LogP contribution in [0.25, 0.3) is 0 Å². The summed E-state index contributed by atoms with van der Waals surface area (Å²) in [5, 5.41) is 3.12. The highest BCUT2D eigenvalue weighted by Gasteiger charge is 2.10. The Balaban J connectivity index is 3.76. The van der Waals surface area contributed by atoms with Crippen LogP contribution < -0.4 is 5.32 Å². The van der Waals surface area contributed by atoms with Gasteiger partial charge in [0, 0.05) is 41.9 Å². The summed E-state index contributed by atoms with van der Waals surface area (Å²) in [6, 6.07) is 0. The molecule has 2 unspecified atom stereocenters. The van der Waals surface area contributed by atoms with Gasteiger partial charge in [-0.25, -0.2) is 0 Å². The van der Waals surface area contributed by atoms with E-state index >= 15 is 0 Å². The lowest BCUT2D eigenvalue weighted by molar-refractivity contribution is -0.129. The monoisotopic (exact) mass is 234 g/mol. The van der Waals surface area contributed by atoms with Crippen LogP contribution in [0.3, 0.4) is 0 Å². The van der Waals surface area contributed by atoms with Crippen molar-refractivity contribution in [1.29, 1.82) is 0 Å². The summed E-state index contributed by atoms with van der Waals surface area (Å²) in [5.41, 5.74) is 0. The Labute approximate surface area is 94.9 Å². The molecule has 5 heteroatoms. The molecule has 0 aromatic heterocycles. The van der Waals surface area contributed by atoms with E-state index in [9.17, 15) is 9.00 Å². The minimum Gasteiger partial charge on any atom is -0.342 e. The molecule has 0 spiro atoms. The molecular weight excluding hydrogens is 212 g/mol. The highest BCUT2D eigenvalue weighted by Crippen LogP contribution is 1.91. The predicted molar refractivity (Wildman–Crippen MR) is 64.3 cm³/mol. The second-order valence-corrected chi connectivity index (χ2v) is 5.31. The van der Waals surface area contributed by atoms with E-state index in [1.807, 2.05) is 20.8 Å². The maximum Gasteiger partial charge on any atom is 0.236 e. The number of carbonyl (C=O) groups excluding carboxylic acids is 1. The number of amides is 1. The van der Waals surface area contributed by atoms with Crippen molar-refractivity contribution in [3.8, 4) is 0 Å². The third-order valence-electron chi connectivity index (χ3n) is 2.39. The Bertz CT molecular complexity index is 217. The van der Waals surface area contributed by atoms with E-state index in [0.717, 1.165) is 13.1 Å². The lowest BCUT2D eigenvalue weighted by atomic mass is 10.4. The van der Waals surface area contributed by atoms with Gasteiger partial charge in [-0.1, -0.05) is 0 Å². The first kappa shape index (κ1) is 14.6. The fourth-order valence-electron chi connectivity index (χ4n) is 1.19. The predicted octanol–water partition coefficient (Wildman–Crippen LogP) is 0.211. The topological polar surface area (TPSA) is 49.4 Å². The Morgan fingerprint density at radius 3 is 2.33 bits per heavy atom. The van der Waals surface area contributed by atoms with Gasteiger partial charge in [-0.2, -0.15) is 0 Å². The lowest BCUT2D eigenvalue weighted by Crippen LogP contribution is -2.40. The number of carbonyl (C=O) groups is 1. The molecule has 0 aliphatic carbocycles. The number of nitrogens with zero attached hydrogens (tertiary/aromatic N) is 1. The van der Waals surface area contributed by atoms with Crippen LogP contribution in [0.1, 0.15) is 20.8 Å². The van der Waals surface area contributed by atoms with E-state index < -0.39 is 10.8 Å². The molecule has 0 aliphatic heterocycles. The van der Waals surface area contributed by atoms with Crippen LogP contribution in [-0.4, -0.2) is 52.7 Å². The second-order valence-electron chi connectivity index (χ2n) is 3.51. The fourth-order valence-corrected chi connectivity index (χ4v) is 1.54. The molecular formula is C10H22N2O2S. The lowest BCUT2D eigenvalue weighted by Gasteiger charge is -2.19. The van der Waals surface area contributed by atoms with Gasteiger partial charge in [0.2, 0.25) is 5.91 Å². The third-order valence-corrected chi connectivity index (χ3v) is 3.69. The van der Waals surface area contributed by atoms with Crippen molar-refractivity contribution in [2.75, 3.05) is 32.4 Å². The van der Waals surface area contributed by atoms with Crippen LogP contribution in [0.4, 0.5) is 0 Å². The minimum absolute atomic E-state index is 0.0921. The van der Waals surface area contributed by atoms with Crippen LogP contribution in [-0.2, 0) is 15.6 Å². The Morgan fingerprint density at radius 1 is 1.40 bits per heavy atom. The van der Waals surface area contributed by atoms with E-state index in [2.05, 4.69) is 5.32 Å². The van der Waals surface area contributed by atoms with E-state index in [0.29, 0.717) is 13.1 Å². The van der Waals surface area contributed by atoms with Crippen molar-refractivity contribution in [3.63, 3.8) is 0 Å². The normalized spacial score (nSPS) is 14.7. The number of nitrogens with one attached hydrogen (secondary N) is 1. The molecule has 0 bridgehead atoms. The van der Waals surface area contributed by atoms with Gasteiger partial charge < -0.3 is 10.2 Å². The molecule has 1 N–H and O–H groups in total. The van der Waals surface area contributed by atoms with Crippen molar-refractivity contribution >= 4 is 16.7 Å². The van der Waals surface area contributed by atoms with Crippen molar-refractivity contribution in [3.05, 3.63) is 0 Å². The summed E-state index contributed by atoms with van der Waals surface area (Å²) >= 11 is 0. The molecule has 0 rings (SSSR count). The molecule has 0 aromatic carbocycles. The van der Waals surface area contributed by atoms with Gasteiger partial charge in [-0.15, -0.1) is 0 Å². The first-order chi connectivity index (χ1) is 7.02. The molecule has 90 valence electrons. The highest BCUT2D eigenvalue weighted by molar-refractivity contribution is 7.84. The molecule has 4 nitrogen and oxygen atoms in total. The molecule has 0 radical (unpaired) electrons. The molecule has 1 amide bonds. The minimum atomic E-state index is -0.827. The summed E-state index contributed by atoms with van der Waals surface area (Å²) in [7, 11) is -0.827. The SMILES string of the molecule is CCN(CC)C(=O)CNCC(C)S(C)=O. The summed E-state index contributed by atoms with van der Waals surface area (Å²) in [5.74, 6) is 0.106. The highest BCUT2D eigenvalue weighted by atomic mass is 32.2. The Kier molecular flexibility index (Phi) is 7.60. The number of likely N-dealkylation sites (N-methyl/N-ethyl adjacent to an activating group) is 1. The van der Waals surface area contributed by atoms with Gasteiger partial charge in [0.1, 0.15) is 0 Å². The molecule has 15 heavy (non-hydrogen) atoms. The second kappa shape index (κ2) is 7.82.